The molecule has 1 aromatic rings. The molecule has 2 aliphatic heterocycles. The summed E-state index contributed by atoms with van der Waals surface area (Å²) < 4.78 is 5.24. The van der Waals surface area contributed by atoms with Crippen LogP contribution in [-0.4, -0.2) is 50.2 Å². The van der Waals surface area contributed by atoms with Gasteiger partial charge in [0.25, 0.3) is 5.56 Å². The van der Waals surface area contributed by atoms with Crippen molar-refractivity contribution in [1.29, 1.82) is 0 Å². The number of aromatic nitrogens is 2. The van der Waals surface area contributed by atoms with Gasteiger partial charge in [-0.3, -0.25) is 4.79 Å². The molecule has 3 heterocycles. The van der Waals surface area contributed by atoms with E-state index < -0.39 is 30.5 Å². The molecule has 0 bridgehead atoms. The molecule has 0 unspecified atom stereocenters. The van der Waals surface area contributed by atoms with Crippen LogP contribution in [0.25, 0.3) is 5.70 Å². The Morgan fingerprint density at radius 3 is 2.84 bits per heavy atom. The lowest BCUT2D eigenvalue weighted by molar-refractivity contribution is -0.00283. The van der Waals surface area contributed by atoms with Crippen LogP contribution in [0.4, 0.5) is 5.69 Å². The topological polar surface area (TPSA) is 140 Å². The number of hydrogen-bond acceptors (Lipinski definition) is 8. The van der Waals surface area contributed by atoms with Crippen LogP contribution in [0, 0.1) is 0 Å². The molecule has 3 rings (SSSR count). The van der Waals surface area contributed by atoms with Crippen molar-refractivity contribution in [3.05, 3.63) is 28.1 Å². The van der Waals surface area contributed by atoms with Crippen molar-refractivity contribution in [1.82, 2.24) is 9.97 Å². The Morgan fingerprint density at radius 1 is 1.37 bits per heavy atom. The fourth-order valence-electron chi connectivity index (χ4n) is 1.97. The van der Waals surface area contributed by atoms with Gasteiger partial charge in [0.05, 0.1) is 12.9 Å². The monoisotopic (exact) mass is 266 g/mol. The van der Waals surface area contributed by atoms with Crippen LogP contribution in [0.2, 0.25) is 0 Å². The van der Waals surface area contributed by atoms with Gasteiger partial charge in [0.2, 0.25) is 0 Å². The van der Waals surface area contributed by atoms with Crippen LogP contribution in [-0.2, 0) is 4.74 Å². The minimum Gasteiger partial charge on any atom is -0.484 e. The maximum absolute atomic E-state index is 11.5. The fraction of sp³-hybridized carbons (Fsp3) is 0.400. The molecule has 9 nitrogen and oxygen atoms in total. The summed E-state index contributed by atoms with van der Waals surface area (Å²) in [6.07, 6.45) is -2.38. The van der Waals surface area contributed by atoms with E-state index in [4.69, 9.17) is 9.84 Å². The molecule has 0 amide bonds. The Morgan fingerprint density at radius 2 is 2.16 bits per heavy atom. The zero-order chi connectivity index (χ0) is 13.6. The van der Waals surface area contributed by atoms with Crippen LogP contribution >= 0.6 is 0 Å². The molecule has 4 N–H and O–H groups in total. The molecule has 9 heteroatoms. The van der Waals surface area contributed by atoms with E-state index in [1.165, 1.54) is 6.33 Å². The quantitative estimate of drug-likeness (QED) is 0.495. The average molecular weight is 266 g/mol. The molecular formula is C10H10N4O5. The van der Waals surface area contributed by atoms with E-state index in [1.807, 2.05) is 0 Å². The number of aromatic amines is 1. The van der Waals surface area contributed by atoms with Crippen molar-refractivity contribution in [2.75, 3.05) is 6.61 Å². The van der Waals surface area contributed by atoms with Gasteiger partial charge in [0, 0.05) is 0 Å². The van der Waals surface area contributed by atoms with Crippen molar-refractivity contribution in [3.8, 4) is 0 Å². The van der Waals surface area contributed by atoms with E-state index in [-0.39, 0.29) is 22.8 Å². The van der Waals surface area contributed by atoms with Gasteiger partial charge >= 0.3 is 0 Å². The van der Waals surface area contributed by atoms with E-state index in [0.29, 0.717) is 0 Å². The van der Waals surface area contributed by atoms with Gasteiger partial charge in [-0.15, -0.1) is 10.2 Å². The highest BCUT2D eigenvalue weighted by molar-refractivity contribution is 5.75. The van der Waals surface area contributed by atoms with Gasteiger partial charge in [-0.05, 0) is 0 Å². The molecule has 1 saturated heterocycles. The molecule has 2 aliphatic rings. The highest BCUT2D eigenvalue weighted by atomic mass is 16.5. The minimum atomic E-state index is -1.35. The van der Waals surface area contributed by atoms with Crippen LogP contribution in [0.5, 0.6) is 0 Å². The van der Waals surface area contributed by atoms with E-state index >= 15 is 0 Å². The normalized spacial score (nSPS) is 32.5. The Bertz CT molecular complexity index is 637. The maximum atomic E-state index is 11.5. The van der Waals surface area contributed by atoms with E-state index in [1.54, 1.807) is 0 Å². The summed E-state index contributed by atoms with van der Waals surface area (Å²) in [7, 11) is 0. The van der Waals surface area contributed by atoms with Gasteiger partial charge in [0.1, 0.15) is 17.9 Å². The smallest absolute Gasteiger partial charge is 0.279 e. The number of ether oxygens (including phenoxy) is 1. The molecule has 0 radical (unpaired) electrons. The molecule has 0 aromatic carbocycles. The first-order chi connectivity index (χ1) is 9.13. The number of H-pyrrole nitrogens is 1. The largest absolute Gasteiger partial charge is 0.484 e. The predicted molar refractivity (Wildman–Crippen MR) is 60.3 cm³/mol. The zero-order valence-electron chi connectivity index (χ0n) is 9.52. The van der Waals surface area contributed by atoms with Gasteiger partial charge in [-0.1, -0.05) is 0 Å². The number of rotatable bonds is 1. The van der Waals surface area contributed by atoms with Gasteiger partial charge < -0.3 is 25.0 Å². The summed E-state index contributed by atoms with van der Waals surface area (Å²) in [6, 6.07) is 0. The molecule has 3 atom stereocenters. The lowest BCUT2D eigenvalue weighted by atomic mass is 10.1. The third-order valence-electron chi connectivity index (χ3n) is 2.97. The molecule has 0 spiro atoms. The SMILES string of the molecule is O=c1[nH]cnc2c1N=N/C2=C1/O[C@H](CO)[C@@H](O)[C@H]1O. The first kappa shape index (κ1) is 12.0. The minimum absolute atomic E-state index is 0.0164. The number of nitrogens with one attached hydrogen (secondary N) is 1. The van der Waals surface area contributed by atoms with Crippen molar-refractivity contribution >= 4 is 11.4 Å². The summed E-state index contributed by atoms with van der Waals surface area (Å²) in [4.78, 5) is 17.7. The summed E-state index contributed by atoms with van der Waals surface area (Å²) in [5.41, 5.74) is -0.189. The number of aliphatic hydroxyl groups is 3. The number of aliphatic hydroxyl groups excluding tert-OH is 3. The molecule has 100 valence electrons. The van der Waals surface area contributed by atoms with Crippen molar-refractivity contribution in [3.63, 3.8) is 0 Å². The standard InChI is InChI=1S/C10H10N4O5/c15-1-3-7(16)8(17)9(19-3)5-4-6(14-13-5)10(18)12-2-11-4/h2-3,7-8,15-17H,1H2,(H,11,12,18)/b9-5+/t3-,7-,8-/m1/s1. The number of nitrogens with zero attached hydrogens (tertiary/aromatic N) is 3. The molecule has 0 aliphatic carbocycles. The predicted octanol–water partition coefficient (Wildman–Crippen LogP) is -1.35. The van der Waals surface area contributed by atoms with Gasteiger partial charge in [0.15, 0.2) is 23.2 Å². The Hall–Kier alpha value is -2.10. The van der Waals surface area contributed by atoms with Crippen molar-refractivity contribution in [2.24, 2.45) is 10.2 Å². The van der Waals surface area contributed by atoms with E-state index in [9.17, 15) is 15.0 Å². The molecular weight excluding hydrogens is 256 g/mol. The van der Waals surface area contributed by atoms with E-state index in [2.05, 4.69) is 20.2 Å². The second-order valence-corrected chi connectivity index (χ2v) is 4.12. The average Bonchev–Trinajstić information content (AvgIpc) is 2.94. The van der Waals surface area contributed by atoms with Crippen LogP contribution < -0.4 is 5.56 Å². The molecule has 19 heavy (non-hydrogen) atoms. The van der Waals surface area contributed by atoms with Crippen LogP contribution in [0.3, 0.4) is 0 Å². The second kappa shape index (κ2) is 4.23. The summed E-state index contributed by atoms with van der Waals surface area (Å²) in [5, 5.41) is 35.9. The fourth-order valence-corrected chi connectivity index (χ4v) is 1.97. The summed E-state index contributed by atoms with van der Waals surface area (Å²) in [6.45, 7) is -0.457. The lowest BCUT2D eigenvalue weighted by Gasteiger charge is -2.09. The zero-order valence-corrected chi connectivity index (χ0v) is 9.52. The molecule has 1 fully saturated rings. The third-order valence-corrected chi connectivity index (χ3v) is 2.97. The summed E-state index contributed by atoms with van der Waals surface area (Å²) in [5.74, 6) is -0.0489. The first-order valence-electron chi connectivity index (χ1n) is 5.51. The number of fused-ring (bicyclic) bond motifs is 1. The Labute approximate surface area is 105 Å². The first-order valence-corrected chi connectivity index (χ1v) is 5.51. The van der Waals surface area contributed by atoms with Crippen molar-refractivity contribution < 1.29 is 20.1 Å². The van der Waals surface area contributed by atoms with Crippen molar-refractivity contribution in [2.45, 2.75) is 18.3 Å². The maximum Gasteiger partial charge on any atom is 0.279 e. The number of azo groups is 1. The number of hydrogen-bond donors (Lipinski definition) is 4. The third kappa shape index (κ3) is 1.67. The van der Waals surface area contributed by atoms with Gasteiger partial charge in [-0.2, -0.15) is 0 Å². The summed E-state index contributed by atoms with van der Waals surface area (Å²) >= 11 is 0. The highest BCUT2D eigenvalue weighted by Gasteiger charge is 2.42. The Kier molecular flexibility index (Phi) is 2.66. The van der Waals surface area contributed by atoms with Gasteiger partial charge in [-0.25, -0.2) is 4.98 Å². The molecule has 1 aromatic heterocycles. The second-order valence-electron chi connectivity index (χ2n) is 4.12. The molecule has 0 saturated carbocycles. The van der Waals surface area contributed by atoms with Crippen LogP contribution in [0.1, 0.15) is 5.69 Å². The Balaban J connectivity index is 2.11. The highest BCUT2D eigenvalue weighted by Crippen LogP contribution is 2.37. The van der Waals surface area contributed by atoms with Crippen LogP contribution in [0.15, 0.2) is 27.1 Å². The van der Waals surface area contributed by atoms with E-state index in [0.717, 1.165) is 0 Å². The lowest BCUT2D eigenvalue weighted by Crippen LogP contribution is -2.31.